The number of carbonyl (C=O) groups excluding carboxylic acids is 1. The Balaban J connectivity index is 2.61. The topological polar surface area (TPSA) is 164 Å². The molecule has 1 aromatic rings. The van der Waals surface area contributed by atoms with Crippen LogP contribution in [0.5, 0.6) is 0 Å². The van der Waals surface area contributed by atoms with E-state index >= 15 is 0 Å². The molecule has 0 heterocycles. The van der Waals surface area contributed by atoms with E-state index < -0.39 is 32.6 Å². The summed E-state index contributed by atoms with van der Waals surface area (Å²) in [6.07, 6.45) is -1.11. The highest BCUT2D eigenvalue weighted by Gasteiger charge is 2.58. The maximum atomic E-state index is 11.7. The van der Waals surface area contributed by atoms with Crippen LogP contribution < -0.4 is 5.32 Å². The van der Waals surface area contributed by atoms with Crippen molar-refractivity contribution >= 4 is 21.1 Å². The van der Waals surface area contributed by atoms with E-state index in [1.54, 1.807) is 0 Å². The highest BCUT2D eigenvalue weighted by Crippen LogP contribution is 2.69. The van der Waals surface area contributed by atoms with Crippen LogP contribution in [0.1, 0.15) is 23.2 Å². The number of hydrogen-bond acceptors (Lipinski definition) is 4. The van der Waals surface area contributed by atoms with Crippen LogP contribution in [0.3, 0.4) is 0 Å². The van der Waals surface area contributed by atoms with E-state index in [1.807, 2.05) is 0 Å². The van der Waals surface area contributed by atoms with Gasteiger partial charge >= 0.3 is 15.2 Å². The maximum Gasteiger partial charge on any atom is 0.369 e. The largest absolute Gasteiger partial charge is 0.369 e. The first-order chi connectivity index (χ1) is 9.99. The molecule has 0 aliphatic carbocycles. The molecule has 0 aliphatic rings. The second-order valence-corrected chi connectivity index (χ2v) is 8.52. The Morgan fingerprint density at radius 1 is 1.14 bits per heavy atom. The highest BCUT2D eigenvalue weighted by atomic mass is 31.2. The summed E-state index contributed by atoms with van der Waals surface area (Å²) in [5.74, 6) is -0.468. The van der Waals surface area contributed by atoms with Gasteiger partial charge < -0.3 is 30.0 Å². The van der Waals surface area contributed by atoms with E-state index in [-0.39, 0.29) is 13.0 Å². The molecular weight excluding hydrogens is 336 g/mol. The maximum absolute atomic E-state index is 11.7. The smallest absolute Gasteiger partial charge is 0.368 e. The molecule has 1 rings (SSSR count). The number of amides is 1. The second kappa shape index (κ2) is 7.02. The Hall–Kier alpha value is -1.05. The minimum Gasteiger partial charge on any atom is -0.368 e. The van der Waals surface area contributed by atoms with Gasteiger partial charge in [-0.15, -0.1) is 0 Å². The molecule has 0 saturated carbocycles. The molecule has 0 saturated heterocycles. The molecule has 6 N–H and O–H groups in total. The summed E-state index contributed by atoms with van der Waals surface area (Å²) in [7, 11) is -10.9. The summed E-state index contributed by atoms with van der Waals surface area (Å²) in [6, 6.07) is 8.76. The van der Waals surface area contributed by atoms with E-state index in [2.05, 4.69) is 11.4 Å². The fraction of sp³-hybridized carbons (Fsp3) is 0.364. The van der Waals surface area contributed by atoms with Crippen LogP contribution in [0.15, 0.2) is 24.3 Å². The van der Waals surface area contributed by atoms with Gasteiger partial charge in [-0.1, -0.05) is 12.1 Å². The van der Waals surface area contributed by atoms with Gasteiger partial charge in [0.1, 0.15) is 0 Å². The van der Waals surface area contributed by atoms with Crippen molar-refractivity contribution in [2.24, 2.45) is 0 Å². The van der Waals surface area contributed by atoms with Gasteiger partial charge in [-0.3, -0.25) is 13.9 Å². The van der Waals surface area contributed by atoms with Crippen molar-refractivity contribution < 1.29 is 38.6 Å². The molecule has 0 fully saturated rings. The van der Waals surface area contributed by atoms with Crippen molar-refractivity contribution in [1.82, 2.24) is 5.32 Å². The summed E-state index contributed by atoms with van der Waals surface area (Å²) in [5, 5.41) is 8.58. The van der Waals surface area contributed by atoms with Crippen molar-refractivity contribution in [3.05, 3.63) is 35.9 Å². The van der Waals surface area contributed by atoms with Crippen molar-refractivity contribution in [3.63, 3.8) is 0 Å². The van der Waals surface area contributed by atoms with Gasteiger partial charge in [0.15, 0.2) is 0 Å². The third kappa shape index (κ3) is 4.47. The Morgan fingerprint density at radius 2 is 1.64 bits per heavy atom. The second-order valence-electron chi connectivity index (χ2n) is 4.51. The van der Waals surface area contributed by atoms with E-state index in [9.17, 15) is 19.0 Å². The molecule has 22 heavy (non-hydrogen) atoms. The average molecular weight is 352 g/mol. The van der Waals surface area contributed by atoms with Crippen molar-refractivity contribution in [3.8, 4) is 0 Å². The normalized spacial score (nSPS) is 13.0. The van der Waals surface area contributed by atoms with Gasteiger partial charge in [0.25, 0.3) is 11.0 Å². The molecule has 0 unspecified atom stereocenters. The Labute approximate surface area is 126 Å². The lowest BCUT2D eigenvalue weighted by Crippen LogP contribution is -2.31. The zero-order valence-corrected chi connectivity index (χ0v) is 13.1. The summed E-state index contributed by atoms with van der Waals surface area (Å²) >= 11 is 0. The number of aliphatic hydroxyl groups is 1. The van der Waals surface area contributed by atoms with Gasteiger partial charge in [0, 0.05) is 18.5 Å². The zero-order chi connectivity index (χ0) is 17.0. The minimum absolute atomic E-state index is 0.125. The predicted octanol–water partition coefficient (Wildman–Crippen LogP) is -0.00171. The van der Waals surface area contributed by atoms with Crippen molar-refractivity contribution in [2.75, 3.05) is 6.54 Å². The standard InChI is InChI=1S/C11H16NO8P2/c13-10(9-5-2-1-3-6-9)12-8-4-7-11(14,21(15,16)17)22(18,19)20/h2-3,5-6,14H,4,7-8H2,(H,12,13)(H2,15,16,17)(H2,18,19,20). The summed E-state index contributed by atoms with van der Waals surface area (Å²) in [4.78, 5) is 47.4. The molecule has 0 aliphatic heterocycles. The molecule has 11 heteroatoms. The van der Waals surface area contributed by atoms with Crippen LogP contribution in [0.2, 0.25) is 0 Å². The van der Waals surface area contributed by atoms with Gasteiger partial charge in [-0.25, -0.2) is 0 Å². The van der Waals surface area contributed by atoms with Crippen molar-refractivity contribution in [2.45, 2.75) is 17.9 Å². The molecule has 0 aromatic heterocycles. The Morgan fingerprint density at radius 3 is 2.09 bits per heavy atom. The summed E-state index contributed by atoms with van der Waals surface area (Å²) in [6.45, 7) is -0.125. The SMILES string of the molecule is O=C(NCCCC(O)(P(=O)(O)O)P(=O)(O)O)c1cc[c]cc1. The zero-order valence-electron chi connectivity index (χ0n) is 11.3. The number of benzene rings is 1. The lowest BCUT2D eigenvalue weighted by atomic mass is 10.2. The summed E-state index contributed by atoms with van der Waals surface area (Å²) < 4.78 is 22.2. The number of rotatable bonds is 7. The quantitative estimate of drug-likeness (QED) is 0.295. The van der Waals surface area contributed by atoms with Crippen LogP contribution >= 0.6 is 15.2 Å². The summed E-state index contributed by atoms with van der Waals surface area (Å²) in [5.41, 5.74) is 0.332. The third-order valence-electron chi connectivity index (χ3n) is 2.89. The van der Waals surface area contributed by atoms with Gasteiger partial charge in [0.2, 0.25) is 0 Å². The first-order valence-electron chi connectivity index (χ1n) is 6.07. The molecule has 123 valence electrons. The van der Waals surface area contributed by atoms with Crippen LogP contribution in [0.25, 0.3) is 0 Å². The van der Waals surface area contributed by atoms with Crippen LogP contribution in [0, 0.1) is 6.07 Å². The highest BCUT2D eigenvalue weighted by molar-refractivity contribution is 7.72. The van der Waals surface area contributed by atoms with E-state index in [0.717, 1.165) is 0 Å². The molecule has 1 aromatic carbocycles. The Kier molecular flexibility index (Phi) is 6.06. The molecule has 9 nitrogen and oxygen atoms in total. The van der Waals surface area contributed by atoms with Gasteiger partial charge in [-0.2, -0.15) is 0 Å². The van der Waals surface area contributed by atoms with Gasteiger partial charge in [0.05, 0.1) is 0 Å². The third-order valence-corrected chi connectivity index (χ3v) is 6.76. The number of carbonyl (C=O) groups is 1. The molecule has 0 bridgehead atoms. The lowest BCUT2D eigenvalue weighted by Gasteiger charge is -2.29. The number of hydrogen-bond donors (Lipinski definition) is 6. The van der Waals surface area contributed by atoms with E-state index in [4.69, 9.17) is 19.6 Å². The minimum atomic E-state index is -5.46. The molecule has 0 spiro atoms. The fourth-order valence-electron chi connectivity index (χ4n) is 1.63. The van der Waals surface area contributed by atoms with Gasteiger partial charge in [-0.05, 0) is 24.6 Å². The fourth-order valence-corrected chi connectivity index (χ4v) is 3.89. The predicted molar refractivity (Wildman–Crippen MR) is 75.9 cm³/mol. The molecule has 0 atom stereocenters. The van der Waals surface area contributed by atoms with E-state index in [1.165, 1.54) is 24.3 Å². The Bertz CT molecular complexity index is 586. The van der Waals surface area contributed by atoms with Crippen molar-refractivity contribution in [1.29, 1.82) is 0 Å². The van der Waals surface area contributed by atoms with Crippen LogP contribution in [-0.4, -0.2) is 42.2 Å². The lowest BCUT2D eigenvalue weighted by molar-refractivity contribution is 0.0946. The first kappa shape index (κ1) is 19.0. The monoisotopic (exact) mass is 352 g/mol. The molecule has 1 amide bonds. The average Bonchev–Trinajstić information content (AvgIpc) is 2.41. The molecule has 1 radical (unpaired) electrons. The van der Waals surface area contributed by atoms with Crippen LogP contribution in [0.4, 0.5) is 0 Å². The first-order valence-corrected chi connectivity index (χ1v) is 9.29. The number of nitrogens with one attached hydrogen (secondary N) is 1. The van der Waals surface area contributed by atoms with Crippen LogP contribution in [-0.2, 0) is 9.13 Å². The van der Waals surface area contributed by atoms with E-state index in [0.29, 0.717) is 5.56 Å². The molecular formula is C11H16NO8P2.